The second kappa shape index (κ2) is 4.45. The van der Waals surface area contributed by atoms with Crippen LogP contribution >= 0.6 is 0 Å². The second-order valence-electron chi connectivity index (χ2n) is 2.70. The van der Waals surface area contributed by atoms with Crippen LogP contribution in [0.25, 0.3) is 0 Å². The van der Waals surface area contributed by atoms with E-state index in [1.807, 2.05) is 0 Å². The minimum atomic E-state index is -1.80. The monoisotopic (exact) mass is 185 g/mol. The Hall–Kier alpha value is -1.57. The summed E-state index contributed by atoms with van der Waals surface area (Å²) in [7, 11) is 0. The highest BCUT2D eigenvalue weighted by atomic mass is 16.4. The highest BCUT2D eigenvalue weighted by Gasteiger charge is 2.44. The third-order valence-electron chi connectivity index (χ3n) is 2.09. The van der Waals surface area contributed by atoms with Crippen molar-refractivity contribution in [3.8, 4) is 6.07 Å². The molecule has 0 aliphatic rings. The van der Waals surface area contributed by atoms with Gasteiger partial charge in [-0.3, -0.25) is 9.59 Å². The Morgan fingerprint density at radius 2 is 1.85 bits per heavy atom. The van der Waals surface area contributed by atoms with Crippen molar-refractivity contribution in [1.82, 2.24) is 0 Å². The molecule has 0 unspecified atom stereocenters. The molecule has 5 nitrogen and oxygen atoms in total. The number of nitriles is 1. The van der Waals surface area contributed by atoms with E-state index in [1.165, 1.54) is 6.92 Å². The van der Waals surface area contributed by atoms with Crippen molar-refractivity contribution in [2.45, 2.75) is 26.2 Å². The van der Waals surface area contributed by atoms with E-state index < -0.39 is 17.4 Å². The summed E-state index contributed by atoms with van der Waals surface area (Å²) in [5.74, 6) is -2.75. The van der Waals surface area contributed by atoms with E-state index in [-0.39, 0.29) is 19.3 Å². The van der Waals surface area contributed by atoms with Crippen molar-refractivity contribution in [2.75, 3.05) is 0 Å². The zero-order valence-electron chi connectivity index (χ0n) is 7.28. The van der Waals surface area contributed by atoms with Gasteiger partial charge in [0.15, 0.2) is 5.41 Å². The van der Waals surface area contributed by atoms with Crippen molar-refractivity contribution in [3.63, 3.8) is 0 Å². The molecule has 0 rings (SSSR count). The molecule has 2 N–H and O–H groups in total. The number of rotatable bonds is 5. The summed E-state index contributed by atoms with van der Waals surface area (Å²) in [5.41, 5.74) is -1.80. The quantitative estimate of drug-likeness (QED) is 0.619. The summed E-state index contributed by atoms with van der Waals surface area (Å²) in [6.07, 6.45) is -0.226. The minimum Gasteiger partial charge on any atom is -0.480 e. The third kappa shape index (κ3) is 2.18. The lowest BCUT2D eigenvalue weighted by Crippen LogP contribution is -2.38. The molecular formula is C8H11NO4. The Morgan fingerprint density at radius 3 is 2.08 bits per heavy atom. The lowest BCUT2D eigenvalue weighted by molar-refractivity contribution is -0.165. The normalized spacial score (nSPS) is 10.5. The first-order chi connectivity index (χ1) is 6.01. The van der Waals surface area contributed by atoms with Gasteiger partial charge in [0.05, 0.1) is 6.07 Å². The van der Waals surface area contributed by atoms with E-state index in [0.717, 1.165) is 0 Å². The van der Waals surface area contributed by atoms with Gasteiger partial charge in [0.2, 0.25) is 0 Å². The predicted octanol–water partition coefficient (Wildman–Crippen LogP) is 0.856. The average molecular weight is 185 g/mol. The lowest BCUT2D eigenvalue weighted by Gasteiger charge is -2.21. The van der Waals surface area contributed by atoms with Crippen LogP contribution in [0, 0.1) is 16.7 Å². The molecule has 0 radical (unpaired) electrons. The number of aliphatic carboxylic acids is 2. The van der Waals surface area contributed by atoms with E-state index in [0.29, 0.717) is 0 Å². The second-order valence-corrected chi connectivity index (χ2v) is 2.70. The summed E-state index contributed by atoms with van der Waals surface area (Å²) in [6.45, 7) is 1.49. The fraction of sp³-hybridized carbons (Fsp3) is 0.625. The largest absolute Gasteiger partial charge is 0.480 e. The van der Waals surface area contributed by atoms with E-state index in [4.69, 9.17) is 15.5 Å². The van der Waals surface area contributed by atoms with Gasteiger partial charge in [0.25, 0.3) is 0 Å². The van der Waals surface area contributed by atoms with Crippen molar-refractivity contribution in [2.24, 2.45) is 5.41 Å². The zero-order chi connectivity index (χ0) is 10.5. The molecule has 0 aliphatic carbocycles. The predicted molar refractivity (Wildman–Crippen MR) is 42.8 cm³/mol. The number of hydrogen-bond donors (Lipinski definition) is 2. The topological polar surface area (TPSA) is 98.4 Å². The summed E-state index contributed by atoms with van der Waals surface area (Å²) >= 11 is 0. The number of carboxylic acids is 2. The Morgan fingerprint density at radius 1 is 1.38 bits per heavy atom. The minimum absolute atomic E-state index is 0.0145. The molecule has 0 aromatic carbocycles. The fourth-order valence-electron chi connectivity index (χ4n) is 1.05. The maximum absolute atomic E-state index is 10.7. The van der Waals surface area contributed by atoms with Crippen LogP contribution in [0.3, 0.4) is 0 Å². The maximum Gasteiger partial charge on any atom is 0.321 e. The summed E-state index contributed by atoms with van der Waals surface area (Å²) < 4.78 is 0. The first-order valence-corrected chi connectivity index (χ1v) is 3.85. The molecular weight excluding hydrogens is 174 g/mol. The zero-order valence-corrected chi connectivity index (χ0v) is 7.28. The molecule has 0 saturated heterocycles. The number of nitrogens with zero attached hydrogens (tertiary/aromatic N) is 1. The van der Waals surface area contributed by atoms with Crippen LogP contribution in [0.1, 0.15) is 26.2 Å². The van der Waals surface area contributed by atoms with Crippen LogP contribution in [0.5, 0.6) is 0 Å². The fourth-order valence-corrected chi connectivity index (χ4v) is 1.05. The first kappa shape index (κ1) is 11.4. The van der Waals surface area contributed by atoms with Gasteiger partial charge in [0.1, 0.15) is 0 Å². The number of hydrogen-bond acceptors (Lipinski definition) is 3. The Balaban J connectivity index is 4.78. The Kier molecular flexibility index (Phi) is 3.92. The van der Waals surface area contributed by atoms with Gasteiger partial charge in [-0.1, -0.05) is 6.92 Å². The van der Waals surface area contributed by atoms with Crippen molar-refractivity contribution < 1.29 is 19.8 Å². The molecule has 0 aliphatic heterocycles. The van der Waals surface area contributed by atoms with Gasteiger partial charge in [-0.15, -0.1) is 0 Å². The van der Waals surface area contributed by atoms with Crippen LogP contribution in [0.4, 0.5) is 0 Å². The molecule has 0 amide bonds. The van der Waals surface area contributed by atoms with Gasteiger partial charge >= 0.3 is 11.9 Å². The first-order valence-electron chi connectivity index (χ1n) is 3.85. The van der Waals surface area contributed by atoms with E-state index in [2.05, 4.69) is 0 Å². The highest BCUT2D eigenvalue weighted by molar-refractivity contribution is 5.98. The average Bonchev–Trinajstić information content (AvgIpc) is 2.05. The third-order valence-corrected chi connectivity index (χ3v) is 2.09. The molecule has 0 heterocycles. The van der Waals surface area contributed by atoms with Gasteiger partial charge < -0.3 is 10.2 Å². The van der Waals surface area contributed by atoms with Crippen LogP contribution in [0.15, 0.2) is 0 Å². The van der Waals surface area contributed by atoms with Crippen LogP contribution in [0.2, 0.25) is 0 Å². The Labute approximate surface area is 75.6 Å². The molecule has 0 aromatic rings. The molecule has 72 valence electrons. The smallest absolute Gasteiger partial charge is 0.321 e. The molecule has 0 fully saturated rings. The van der Waals surface area contributed by atoms with Crippen molar-refractivity contribution in [3.05, 3.63) is 0 Å². The van der Waals surface area contributed by atoms with Crippen molar-refractivity contribution in [1.29, 1.82) is 5.26 Å². The molecule has 0 spiro atoms. The summed E-state index contributed by atoms with van der Waals surface area (Å²) in [4.78, 5) is 21.4. The van der Waals surface area contributed by atoms with Gasteiger partial charge in [-0.25, -0.2) is 0 Å². The molecule has 0 bridgehead atoms. The molecule has 13 heavy (non-hydrogen) atoms. The van der Waals surface area contributed by atoms with Crippen LogP contribution in [-0.2, 0) is 9.59 Å². The number of carbonyl (C=O) groups is 2. The molecule has 0 aromatic heterocycles. The number of carboxylic acid groups (broad SMARTS) is 2. The van der Waals surface area contributed by atoms with Crippen molar-refractivity contribution >= 4 is 11.9 Å². The van der Waals surface area contributed by atoms with Gasteiger partial charge in [0, 0.05) is 6.42 Å². The summed E-state index contributed by atoms with van der Waals surface area (Å²) in [6, 6.07) is 1.74. The lowest BCUT2D eigenvalue weighted by atomic mass is 9.81. The molecule has 5 heteroatoms. The molecule has 0 saturated carbocycles. The van der Waals surface area contributed by atoms with Crippen LogP contribution in [-0.4, -0.2) is 22.2 Å². The van der Waals surface area contributed by atoms with E-state index >= 15 is 0 Å². The summed E-state index contributed by atoms with van der Waals surface area (Å²) in [5, 5.41) is 25.7. The van der Waals surface area contributed by atoms with Gasteiger partial charge in [-0.2, -0.15) is 5.26 Å². The maximum atomic E-state index is 10.7. The Bertz CT molecular complexity index is 239. The van der Waals surface area contributed by atoms with E-state index in [1.54, 1.807) is 6.07 Å². The van der Waals surface area contributed by atoms with Gasteiger partial charge in [-0.05, 0) is 12.8 Å². The van der Waals surface area contributed by atoms with E-state index in [9.17, 15) is 9.59 Å². The highest BCUT2D eigenvalue weighted by Crippen LogP contribution is 2.28. The molecule has 0 atom stereocenters. The standard InChI is InChI=1S/C8H11NO4/c1-2-8(6(10)11,7(12)13)4-3-5-9/h2-4H2,1H3,(H,10,11)(H,12,13). The SMILES string of the molecule is CCC(CCC#N)(C(=O)O)C(=O)O. The van der Waals surface area contributed by atoms with Crippen LogP contribution < -0.4 is 0 Å².